The van der Waals surface area contributed by atoms with Crippen LogP contribution in [0.1, 0.15) is 5.56 Å². The van der Waals surface area contributed by atoms with Crippen LogP contribution in [0.4, 0.5) is 0 Å². The zero-order valence-electron chi connectivity index (χ0n) is 7.60. The van der Waals surface area contributed by atoms with Crippen LogP contribution in [-0.4, -0.2) is 15.4 Å². The Labute approximate surface area is 86.0 Å². The molecule has 4 nitrogen and oxygen atoms in total. The minimum atomic E-state index is -2.99. The molecule has 1 N–H and O–H groups in total. The maximum Gasteiger partial charge on any atom is 0.320 e. The van der Waals surface area contributed by atoms with Crippen LogP contribution in [0.3, 0.4) is 0 Å². The first-order valence-electron chi connectivity index (χ1n) is 3.90. The van der Waals surface area contributed by atoms with Crippen molar-refractivity contribution < 1.29 is 18.5 Å². The summed E-state index contributed by atoms with van der Waals surface area (Å²) >= 11 is -1.37. The third-order valence-corrected chi connectivity index (χ3v) is 3.30. The lowest BCUT2D eigenvalue weighted by molar-refractivity contribution is 0.322. The molecule has 1 rings (SSSR count). The van der Waals surface area contributed by atoms with Crippen LogP contribution in [0.5, 0.6) is 0 Å². The van der Waals surface area contributed by atoms with E-state index in [0.717, 1.165) is 5.56 Å². The van der Waals surface area contributed by atoms with Gasteiger partial charge in [0.25, 0.3) is 0 Å². The van der Waals surface area contributed by atoms with E-state index in [1.54, 1.807) is 12.1 Å². The van der Waals surface area contributed by atoms with Gasteiger partial charge in [0, 0.05) is 11.2 Å². The summed E-state index contributed by atoms with van der Waals surface area (Å²) in [5.74, 6) is -0.239. The Hall–Kier alpha value is -0.320. The Morgan fingerprint density at radius 1 is 1.50 bits per heavy atom. The lowest BCUT2D eigenvalue weighted by atomic mass is 10.2. The highest BCUT2D eigenvalue weighted by molar-refractivity contribution is 7.91. The normalized spacial score (nSPS) is 15.1. The summed E-state index contributed by atoms with van der Waals surface area (Å²) in [4.78, 5) is 8.98. The molecule has 0 fully saturated rings. The first-order chi connectivity index (χ1) is 6.59. The van der Waals surface area contributed by atoms with Gasteiger partial charge in [-0.25, -0.2) is 0 Å². The van der Waals surface area contributed by atoms with Gasteiger partial charge in [-0.05, 0) is 19.1 Å². The van der Waals surface area contributed by atoms with Crippen LogP contribution in [0.25, 0.3) is 0 Å². The molecule has 0 saturated heterocycles. The van der Waals surface area contributed by atoms with Crippen molar-refractivity contribution >= 4 is 19.4 Å². The van der Waals surface area contributed by atoms with Gasteiger partial charge >= 0.3 is 8.25 Å². The highest BCUT2D eigenvalue weighted by Crippen LogP contribution is 2.19. The van der Waals surface area contributed by atoms with Crippen molar-refractivity contribution in [1.82, 2.24) is 0 Å². The predicted molar refractivity (Wildman–Crippen MR) is 54.8 cm³/mol. The van der Waals surface area contributed by atoms with Crippen molar-refractivity contribution in [3.05, 3.63) is 29.8 Å². The first kappa shape index (κ1) is 11.8. The fourth-order valence-electron chi connectivity index (χ4n) is 0.862. The van der Waals surface area contributed by atoms with Crippen LogP contribution in [-0.2, 0) is 20.3 Å². The van der Waals surface area contributed by atoms with E-state index in [2.05, 4.69) is 4.52 Å². The minimum absolute atomic E-state index is 0.239. The summed E-state index contributed by atoms with van der Waals surface area (Å²) in [5.41, 5.74) is 1.07. The monoisotopic (exact) mass is 234 g/mol. The summed E-state index contributed by atoms with van der Waals surface area (Å²) in [6.07, 6.45) is 0. The fourth-order valence-corrected chi connectivity index (χ4v) is 2.27. The molecular weight excluding hydrogens is 223 g/mol. The summed E-state index contributed by atoms with van der Waals surface area (Å²) in [6.45, 7) is 1.93. The lowest BCUT2D eigenvalue weighted by Gasteiger charge is -2.08. The SMILES string of the molecule is Cc1ccc([S@+]([O-])CO[PH](=O)O)cc1. The van der Waals surface area contributed by atoms with E-state index in [0.29, 0.717) is 4.90 Å². The molecule has 0 heterocycles. The quantitative estimate of drug-likeness (QED) is 0.632. The van der Waals surface area contributed by atoms with E-state index < -0.39 is 19.4 Å². The number of benzene rings is 1. The van der Waals surface area contributed by atoms with Crippen LogP contribution < -0.4 is 0 Å². The molecule has 14 heavy (non-hydrogen) atoms. The second-order valence-electron chi connectivity index (χ2n) is 2.69. The summed E-state index contributed by atoms with van der Waals surface area (Å²) < 4.78 is 26.0. The number of aryl methyl sites for hydroxylation is 1. The Kier molecular flexibility index (Phi) is 4.65. The summed E-state index contributed by atoms with van der Waals surface area (Å²) in [5, 5.41) is 0. The molecule has 1 unspecified atom stereocenters. The molecule has 6 heteroatoms. The van der Waals surface area contributed by atoms with Gasteiger partial charge in [-0.2, -0.15) is 0 Å². The first-order valence-corrected chi connectivity index (χ1v) is 6.48. The van der Waals surface area contributed by atoms with Crippen molar-refractivity contribution in [2.45, 2.75) is 11.8 Å². The Balaban J connectivity index is 2.56. The van der Waals surface area contributed by atoms with E-state index in [9.17, 15) is 9.12 Å². The van der Waals surface area contributed by atoms with E-state index in [4.69, 9.17) is 4.89 Å². The molecular formula is C8H11O4PS. The molecule has 78 valence electrons. The Morgan fingerprint density at radius 2 is 2.07 bits per heavy atom. The lowest BCUT2D eigenvalue weighted by Crippen LogP contribution is -2.07. The van der Waals surface area contributed by atoms with Crippen LogP contribution in [0.15, 0.2) is 29.2 Å². The fraction of sp³-hybridized carbons (Fsp3) is 0.250. The van der Waals surface area contributed by atoms with Gasteiger partial charge in [-0.15, -0.1) is 0 Å². The highest BCUT2D eigenvalue weighted by Gasteiger charge is 2.11. The van der Waals surface area contributed by atoms with Gasteiger partial charge in [-0.1, -0.05) is 17.7 Å². The predicted octanol–water partition coefficient (Wildman–Crippen LogP) is 1.46. The third kappa shape index (κ3) is 3.82. The molecule has 0 radical (unpaired) electrons. The zero-order chi connectivity index (χ0) is 10.6. The van der Waals surface area contributed by atoms with E-state index in [1.165, 1.54) is 0 Å². The second kappa shape index (κ2) is 5.53. The topological polar surface area (TPSA) is 69.6 Å². The Morgan fingerprint density at radius 3 is 2.57 bits per heavy atom. The van der Waals surface area contributed by atoms with Gasteiger partial charge in [0.1, 0.15) is 0 Å². The van der Waals surface area contributed by atoms with Crippen molar-refractivity contribution in [1.29, 1.82) is 0 Å². The molecule has 0 aliphatic rings. The van der Waals surface area contributed by atoms with Gasteiger partial charge in [0.15, 0.2) is 4.90 Å². The number of rotatable bonds is 4. The van der Waals surface area contributed by atoms with Gasteiger partial charge in [0.2, 0.25) is 5.94 Å². The van der Waals surface area contributed by atoms with Crippen molar-refractivity contribution in [3.63, 3.8) is 0 Å². The Bertz CT molecular complexity index is 314. The third-order valence-electron chi connectivity index (χ3n) is 1.57. The van der Waals surface area contributed by atoms with Crippen LogP contribution in [0, 0.1) is 6.92 Å². The molecule has 2 atom stereocenters. The molecule has 0 bridgehead atoms. The highest BCUT2D eigenvalue weighted by atomic mass is 32.2. The molecule has 1 aromatic rings. The molecule has 0 aromatic heterocycles. The molecule has 1 aromatic carbocycles. The number of hydrogen-bond acceptors (Lipinski definition) is 3. The average molecular weight is 234 g/mol. The molecule has 0 amide bonds. The number of hydrogen-bond donors (Lipinski definition) is 1. The summed E-state index contributed by atoms with van der Waals surface area (Å²) in [6, 6.07) is 7.08. The van der Waals surface area contributed by atoms with Crippen molar-refractivity contribution in [3.8, 4) is 0 Å². The van der Waals surface area contributed by atoms with E-state index in [1.807, 2.05) is 19.1 Å². The van der Waals surface area contributed by atoms with Crippen molar-refractivity contribution in [2.24, 2.45) is 0 Å². The maximum atomic E-state index is 11.4. The standard InChI is InChI=1S/C8H11O4PS/c1-7-2-4-8(5-3-7)14(11)6-12-13(9)10/h2-5,13H,6H2,1H3,(H,9,10)/t14-/m1/s1. The summed E-state index contributed by atoms with van der Waals surface area (Å²) in [7, 11) is -2.99. The van der Waals surface area contributed by atoms with Crippen LogP contribution >= 0.6 is 8.25 Å². The van der Waals surface area contributed by atoms with Gasteiger partial charge in [-0.3, -0.25) is 9.09 Å². The molecule has 0 spiro atoms. The van der Waals surface area contributed by atoms with E-state index in [-0.39, 0.29) is 5.94 Å². The van der Waals surface area contributed by atoms with Gasteiger partial charge in [0.05, 0.1) is 0 Å². The second-order valence-corrected chi connectivity index (χ2v) is 4.91. The zero-order valence-corrected chi connectivity index (χ0v) is 9.41. The molecule has 0 saturated carbocycles. The average Bonchev–Trinajstić information content (AvgIpc) is 2.15. The van der Waals surface area contributed by atoms with E-state index >= 15 is 0 Å². The largest absolute Gasteiger partial charge is 0.610 e. The van der Waals surface area contributed by atoms with Crippen molar-refractivity contribution in [2.75, 3.05) is 5.94 Å². The van der Waals surface area contributed by atoms with Crippen LogP contribution in [0.2, 0.25) is 0 Å². The maximum absolute atomic E-state index is 11.4. The molecule has 0 aliphatic heterocycles. The van der Waals surface area contributed by atoms with Gasteiger partial charge < -0.3 is 9.45 Å². The minimum Gasteiger partial charge on any atom is -0.610 e. The smallest absolute Gasteiger partial charge is 0.320 e. The molecule has 0 aliphatic carbocycles.